The average Bonchev–Trinajstić information content (AvgIpc) is 3.11. The Balaban J connectivity index is 1.74. The van der Waals surface area contributed by atoms with Gasteiger partial charge in [-0.3, -0.25) is 5.10 Å². The van der Waals surface area contributed by atoms with Crippen molar-refractivity contribution in [1.29, 1.82) is 0 Å². The second-order valence-corrected chi connectivity index (χ2v) is 5.45. The number of aromatic nitrogens is 3. The van der Waals surface area contributed by atoms with Crippen molar-refractivity contribution in [1.82, 2.24) is 15.2 Å². The summed E-state index contributed by atoms with van der Waals surface area (Å²) in [5.41, 5.74) is 7.18. The molecule has 1 atom stereocenters. The van der Waals surface area contributed by atoms with Gasteiger partial charge in [0.1, 0.15) is 11.6 Å². The summed E-state index contributed by atoms with van der Waals surface area (Å²) >= 11 is 1.59. The van der Waals surface area contributed by atoms with E-state index in [1.54, 1.807) is 23.5 Å². The second kappa shape index (κ2) is 5.44. The van der Waals surface area contributed by atoms with Gasteiger partial charge in [-0.15, -0.1) is 11.3 Å². The summed E-state index contributed by atoms with van der Waals surface area (Å²) in [6, 6.07) is 10.7. The molecule has 0 saturated heterocycles. The van der Waals surface area contributed by atoms with Crippen LogP contribution in [0.15, 0.2) is 41.8 Å². The number of hydrogen-bond acceptors (Lipinski definition) is 5. The van der Waals surface area contributed by atoms with Crippen LogP contribution in [0.5, 0.6) is 5.75 Å². The van der Waals surface area contributed by atoms with Crippen molar-refractivity contribution < 1.29 is 5.11 Å². The van der Waals surface area contributed by atoms with Crippen LogP contribution in [-0.2, 0) is 6.42 Å². The summed E-state index contributed by atoms with van der Waals surface area (Å²) in [6.07, 6.45) is 0.638. The minimum absolute atomic E-state index is 0.249. The zero-order chi connectivity index (χ0) is 13.9. The Morgan fingerprint density at radius 2 is 2.05 bits per heavy atom. The first-order valence-corrected chi connectivity index (χ1v) is 7.10. The second-order valence-electron chi connectivity index (χ2n) is 4.50. The van der Waals surface area contributed by atoms with Crippen LogP contribution >= 0.6 is 11.3 Å². The van der Waals surface area contributed by atoms with Crippen molar-refractivity contribution in [3.05, 3.63) is 53.2 Å². The number of phenols is 1. The lowest BCUT2D eigenvalue weighted by molar-refractivity contribution is 0.475. The van der Waals surface area contributed by atoms with Crippen LogP contribution in [0, 0.1) is 0 Å². The molecule has 3 rings (SSSR count). The van der Waals surface area contributed by atoms with Gasteiger partial charge < -0.3 is 10.8 Å². The number of hydrogen-bond donors (Lipinski definition) is 3. The number of thiophene rings is 1. The van der Waals surface area contributed by atoms with Crippen molar-refractivity contribution in [2.45, 2.75) is 12.5 Å². The Hall–Kier alpha value is -2.18. The number of H-pyrrole nitrogens is 1. The molecule has 5 nitrogen and oxygen atoms in total. The van der Waals surface area contributed by atoms with Gasteiger partial charge in [0.05, 0.1) is 10.9 Å². The van der Waals surface area contributed by atoms with Crippen LogP contribution in [0.2, 0.25) is 0 Å². The Bertz CT molecular complexity index is 676. The van der Waals surface area contributed by atoms with Crippen molar-refractivity contribution in [2.24, 2.45) is 5.73 Å². The molecule has 0 saturated carbocycles. The molecule has 3 aromatic rings. The summed E-state index contributed by atoms with van der Waals surface area (Å²) in [5, 5.41) is 18.3. The topological polar surface area (TPSA) is 87.8 Å². The first kappa shape index (κ1) is 12.8. The van der Waals surface area contributed by atoms with Crippen LogP contribution in [0.3, 0.4) is 0 Å². The van der Waals surface area contributed by atoms with E-state index in [-0.39, 0.29) is 11.8 Å². The third-order valence-electron chi connectivity index (χ3n) is 2.99. The number of nitrogens with one attached hydrogen (secondary N) is 1. The van der Waals surface area contributed by atoms with Gasteiger partial charge in [-0.1, -0.05) is 18.2 Å². The maximum Gasteiger partial charge on any atom is 0.191 e. The number of phenolic OH excluding ortho intramolecular Hbond substituents is 1. The van der Waals surface area contributed by atoms with Crippen molar-refractivity contribution in [2.75, 3.05) is 0 Å². The Labute approximate surface area is 120 Å². The van der Waals surface area contributed by atoms with Gasteiger partial charge in [-0.25, -0.2) is 4.98 Å². The van der Waals surface area contributed by atoms with E-state index in [4.69, 9.17) is 5.73 Å². The lowest BCUT2D eigenvalue weighted by atomic mass is 10.1. The summed E-state index contributed by atoms with van der Waals surface area (Å²) in [6.45, 7) is 0. The summed E-state index contributed by atoms with van der Waals surface area (Å²) < 4.78 is 0. The first-order chi connectivity index (χ1) is 9.72. The van der Waals surface area contributed by atoms with E-state index < -0.39 is 0 Å². The van der Waals surface area contributed by atoms with Crippen LogP contribution in [0.1, 0.15) is 17.4 Å². The summed E-state index contributed by atoms with van der Waals surface area (Å²) in [7, 11) is 0. The third-order valence-corrected chi connectivity index (χ3v) is 3.85. The van der Waals surface area contributed by atoms with Crippen LogP contribution in [0.4, 0.5) is 0 Å². The number of aromatic amines is 1. The normalized spacial score (nSPS) is 12.4. The van der Waals surface area contributed by atoms with Gasteiger partial charge in [-0.2, -0.15) is 5.10 Å². The molecular weight excluding hydrogens is 272 g/mol. The maximum atomic E-state index is 9.26. The van der Waals surface area contributed by atoms with E-state index in [9.17, 15) is 5.11 Å². The predicted octanol–water partition coefficient (Wildman–Crippen LogP) is 2.48. The molecular formula is C14H14N4OS. The monoisotopic (exact) mass is 286 g/mol. The summed E-state index contributed by atoms with van der Waals surface area (Å²) in [5.74, 6) is 1.60. The standard InChI is InChI=1S/C14H14N4OS/c15-11(8-9-3-5-10(19)6-4-9)13-16-14(18-17-13)12-2-1-7-20-12/h1-7,11,19H,8,15H2,(H,16,17,18)/t11-/m0/s1. The quantitative estimate of drug-likeness (QED) is 0.687. The molecule has 2 heterocycles. The number of rotatable bonds is 4. The van der Waals surface area contributed by atoms with Crippen LogP contribution in [0.25, 0.3) is 10.7 Å². The molecule has 0 radical (unpaired) electrons. The molecule has 102 valence electrons. The van der Waals surface area contributed by atoms with E-state index in [1.807, 2.05) is 29.6 Å². The molecule has 0 fully saturated rings. The van der Waals surface area contributed by atoms with Crippen LogP contribution in [-0.4, -0.2) is 20.3 Å². The molecule has 0 amide bonds. The lowest BCUT2D eigenvalue weighted by Crippen LogP contribution is -2.15. The molecule has 0 aliphatic heterocycles. The summed E-state index contributed by atoms with van der Waals surface area (Å²) in [4.78, 5) is 5.45. The zero-order valence-corrected chi connectivity index (χ0v) is 11.5. The maximum absolute atomic E-state index is 9.26. The minimum atomic E-state index is -0.249. The largest absolute Gasteiger partial charge is 0.508 e. The van der Waals surface area contributed by atoms with E-state index in [0.29, 0.717) is 18.1 Å². The van der Waals surface area contributed by atoms with Gasteiger partial charge in [0, 0.05) is 0 Å². The Morgan fingerprint density at radius 3 is 2.75 bits per heavy atom. The molecule has 0 aliphatic rings. The highest BCUT2D eigenvalue weighted by atomic mass is 32.1. The highest BCUT2D eigenvalue weighted by Crippen LogP contribution is 2.22. The smallest absolute Gasteiger partial charge is 0.191 e. The van der Waals surface area contributed by atoms with Gasteiger partial charge in [0.25, 0.3) is 0 Å². The molecule has 0 bridgehead atoms. The highest BCUT2D eigenvalue weighted by molar-refractivity contribution is 7.13. The molecule has 0 unspecified atom stereocenters. The van der Waals surface area contributed by atoms with Crippen LogP contribution < -0.4 is 5.73 Å². The zero-order valence-electron chi connectivity index (χ0n) is 10.7. The van der Waals surface area contributed by atoms with Crippen molar-refractivity contribution >= 4 is 11.3 Å². The average molecular weight is 286 g/mol. The van der Waals surface area contributed by atoms with Crippen molar-refractivity contribution in [3.63, 3.8) is 0 Å². The number of benzene rings is 1. The Kier molecular flexibility index (Phi) is 3.49. The predicted molar refractivity (Wildman–Crippen MR) is 78.4 cm³/mol. The van der Waals surface area contributed by atoms with Gasteiger partial charge in [0.15, 0.2) is 5.82 Å². The number of aromatic hydroxyl groups is 1. The first-order valence-electron chi connectivity index (χ1n) is 6.22. The molecule has 0 aliphatic carbocycles. The van der Waals surface area contributed by atoms with Gasteiger partial charge in [-0.05, 0) is 35.6 Å². The molecule has 6 heteroatoms. The molecule has 0 spiro atoms. The number of nitrogens with two attached hydrogens (primary N) is 1. The molecule has 1 aromatic carbocycles. The van der Waals surface area contributed by atoms with E-state index in [1.165, 1.54) is 0 Å². The third kappa shape index (κ3) is 2.71. The minimum Gasteiger partial charge on any atom is -0.508 e. The van der Waals surface area contributed by atoms with Gasteiger partial charge >= 0.3 is 0 Å². The highest BCUT2D eigenvalue weighted by Gasteiger charge is 2.13. The molecule has 4 N–H and O–H groups in total. The SMILES string of the molecule is N[C@@H](Cc1ccc(O)cc1)c1nc(-c2cccs2)n[nH]1. The fourth-order valence-electron chi connectivity index (χ4n) is 1.94. The lowest BCUT2D eigenvalue weighted by Gasteiger charge is -2.08. The van der Waals surface area contributed by atoms with E-state index >= 15 is 0 Å². The van der Waals surface area contributed by atoms with Gasteiger partial charge in [0.2, 0.25) is 0 Å². The Morgan fingerprint density at radius 1 is 1.25 bits per heavy atom. The van der Waals surface area contributed by atoms with E-state index in [2.05, 4.69) is 15.2 Å². The molecule has 20 heavy (non-hydrogen) atoms. The molecule has 2 aromatic heterocycles. The number of nitrogens with zero attached hydrogens (tertiary/aromatic N) is 2. The van der Waals surface area contributed by atoms with Crippen molar-refractivity contribution in [3.8, 4) is 16.5 Å². The fourth-order valence-corrected chi connectivity index (χ4v) is 2.60. The fraction of sp³-hybridized carbons (Fsp3) is 0.143. The van der Waals surface area contributed by atoms with E-state index in [0.717, 1.165) is 10.4 Å².